The van der Waals surface area contributed by atoms with Gasteiger partial charge in [-0.15, -0.1) is 0 Å². The molecule has 0 aliphatic rings. The van der Waals surface area contributed by atoms with Crippen molar-refractivity contribution >= 4 is 7.82 Å². The van der Waals surface area contributed by atoms with Gasteiger partial charge in [0.1, 0.15) is 0 Å². The number of nitrogens with one attached hydrogen (secondary N) is 1. The first-order valence-corrected chi connectivity index (χ1v) is 4.05. The Balaban J connectivity index is 3.13. The Kier molecular flexibility index (Phi) is 4.80. The molecule has 0 amide bonds. The molecule has 62 valence electrons. The molecule has 0 saturated carbocycles. The van der Waals surface area contributed by atoms with E-state index in [4.69, 9.17) is 9.79 Å². The predicted octanol–water partition coefficient (Wildman–Crippen LogP) is -0.753. The predicted molar refractivity (Wildman–Crippen MR) is 33.0 cm³/mol. The number of phosphoric acid groups is 1. The van der Waals surface area contributed by atoms with E-state index >= 15 is 0 Å². The average molecular weight is 171 g/mol. The number of hydroxylamine groups is 1. The Labute approximate surface area is 58.3 Å². The molecular weight excluding hydrogens is 161 g/mol. The molecule has 0 rings (SSSR count). The molecule has 0 aliphatic carbocycles. The van der Waals surface area contributed by atoms with Crippen molar-refractivity contribution in [1.82, 2.24) is 5.48 Å². The number of hydrogen-bond acceptors (Lipinski definition) is 4. The van der Waals surface area contributed by atoms with Gasteiger partial charge in [0.05, 0.1) is 13.7 Å². The van der Waals surface area contributed by atoms with Gasteiger partial charge in [0.2, 0.25) is 0 Å². The van der Waals surface area contributed by atoms with Crippen LogP contribution >= 0.6 is 7.82 Å². The SMILES string of the molecule is CONCCOP(=O)(O)O. The van der Waals surface area contributed by atoms with Crippen molar-refractivity contribution in [3.05, 3.63) is 0 Å². The maximum Gasteiger partial charge on any atom is 0.469 e. The Morgan fingerprint density at radius 1 is 1.60 bits per heavy atom. The lowest BCUT2D eigenvalue weighted by molar-refractivity contribution is 0.0756. The van der Waals surface area contributed by atoms with Crippen LogP contribution in [0.3, 0.4) is 0 Å². The lowest BCUT2D eigenvalue weighted by atomic mass is 10.7. The zero-order valence-corrected chi connectivity index (χ0v) is 6.38. The second-order valence-corrected chi connectivity index (χ2v) is 2.66. The van der Waals surface area contributed by atoms with Crippen LogP contribution in [-0.2, 0) is 13.9 Å². The number of phosphoric ester groups is 1. The molecule has 0 saturated heterocycles. The molecule has 0 spiro atoms. The van der Waals surface area contributed by atoms with Crippen molar-refractivity contribution < 1.29 is 23.7 Å². The molecule has 0 heterocycles. The summed E-state index contributed by atoms with van der Waals surface area (Å²) >= 11 is 0. The van der Waals surface area contributed by atoms with Gasteiger partial charge < -0.3 is 14.6 Å². The van der Waals surface area contributed by atoms with Gasteiger partial charge in [0, 0.05) is 6.54 Å². The minimum atomic E-state index is -4.30. The van der Waals surface area contributed by atoms with E-state index in [9.17, 15) is 4.57 Å². The van der Waals surface area contributed by atoms with Crippen LogP contribution < -0.4 is 5.48 Å². The van der Waals surface area contributed by atoms with Crippen LogP contribution in [0.2, 0.25) is 0 Å². The third-order valence-corrected chi connectivity index (χ3v) is 1.13. The standard InChI is InChI=1S/C3H10NO5P/c1-8-4-2-3-9-10(5,6)7/h4H,2-3H2,1H3,(H2,5,6,7). The average Bonchev–Trinajstić information content (AvgIpc) is 1.78. The summed E-state index contributed by atoms with van der Waals surface area (Å²) in [6, 6.07) is 0. The topological polar surface area (TPSA) is 88.0 Å². The van der Waals surface area contributed by atoms with Gasteiger partial charge in [-0.2, -0.15) is 0 Å². The van der Waals surface area contributed by atoms with Gasteiger partial charge in [-0.25, -0.2) is 10.0 Å². The van der Waals surface area contributed by atoms with E-state index in [1.807, 2.05) is 0 Å². The van der Waals surface area contributed by atoms with Crippen LogP contribution in [0, 0.1) is 0 Å². The van der Waals surface area contributed by atoms with Crippen molar-refractivity contribution in [3.63, 3.8) is 0 Å². The fourth-order valence-electron chi connectivity index (χ4n) is 0.308. The summed E-state index contributed by atoms with van der Waals surface area (Å²) in [5.74, 6) is 0. The smallest absolute Gasteiger partial charge is 0.305 e. The molecular formula is C3H10NO5P. The summed E-state index contributed by atoms with van der Waals surface area (Å²) in [5, 5.41) is 0. The molecule has 7 heteroatoms. The molecule has 3 N–H and O–H groups in total. The molecule has 0 radical (unpaired) electrons. The largest absolute Gasteiger partial charge is 0.469 e. The van der Waals surface area contributed by atoms with Crippen LogP contribution in [-0.4, -0.2) is 30.0 Å². The van der Waals surface area contributed by atoms with Crippen molar-refractivity contribution in [2.24, 2.45) is 0 Å². The molecule has 0 aromatic carbocycles. The van der Waals surface area contributed by atoms with Crippen molar-refractivity contribution in [1.29, 1.82) is 0 Å². The quantitative estimate of drug-likeness (QED) is 0.286. The van der Waals surface area contributed by atoms with Crippen LogP contribution in [0.15, 0.2) is 0 Å². The molecule has 10 heavy (non-hydrogen) atoms. The Morgan fingerprint density at radius 3 is 2.60 bits per heavy atom. The first-order chi connectivity index (χ1) is 4.56. The fourth-order valence-corrected chi connectivity index (χ4v) is 0.637. The van der Waals surface area contributed by atoms with Gasteiger partial charge >= 0.3 is 7.82 Å². The highest BCUT2D eigenvalue weighted by molar-refractivity contribution is 7.46. The summed E-state index contributed by atoms with van der Waals surface area (Å²) in [6.07, 6.45) is 0. The highest BCUT2D eigenvalue weighted by atomic mass is 31.2. The molecule has 0 bridgehead atoms. The minimum absolute atomic E-state index is 0.0852. The van der Waals surface area contributed by atoms with E-state index in [1.54, 1.807) is 0 Å². The van der Waals surface area contributed by atoms with Gasteiger partial charge in [0.15, 0.2) is 0 Å². The van der Waals surface area contributed by atoms with Gasteiger partial charge in [-0.1, -0.05) is 0 Å². The highest BCUT2D eigenvalue weighted by Gasteiger charge is 2.11. The minimum Gasteiger partial charge on any atom is -0.305 e. The third kappa shape index (κ3) is 8.03. The number of rotatable bonds is 5. The Morgan fingerprint density at radius 2 is 2.20 bits per heavy atom. The first kappa shape index (κ1) is 10.0. The normalized spacial score (nSPS) is 11.9. The molecule has 6 nitrogen and oxygen atoms in total. The van der Waals surface area contributed by atoms with Crippen molar-refractivity contribution in [2.45, 2.75) is 0 Å². The van der Waals surface area contributed by atoms with Crippen LogP contribution in [0.4, 0.5) is 0 Å². The summed E-state index contributed by atoms with van der Waals surface area (Å²) in [7, 11) is -2.90. The highest BCUT2D eigenvalue weighted by Crippen LogP contribution is 2.34. The molecule has 0 atom stereocenters. The van der Waals surface area contributed by atoms with Crippen LogP contribution in [0.1, 0.15) is 0 Å². The Hall–Kier alpha value is 0.0300. The second kappa shape index (κ2) is 4.79. The zero-order chi connectivity index (χ0) is 8.04. The van der Waals surface area contributed by atoms with E-state index in [0.29, 0.717) is 0 Å². The second-order valence-electron chi connectivity index (χ2n) is 1.42. The van der Waals surface area contributed by atoms with Crippen LogP contribution in [0.5, 0.6) is 0 Å². The molecule has 0 fully saturated rings. The van der Waals surface area contributed by atoms with Crippen LogP contribution in [0.25, 0.3) is 0 Å². The molecule has 0 aromatic rings. The zero-order valence-electron chi connectivity index (χ0n) is 5.48. The molecule has 0 unspecified atom stereocenters. The third-order valence-electron chi connectivity index (χ3n) is 0.608. The van der Waals surface area contributed by atoms with Crippen molar-refractivity contribution in [3.8, 4) is 0 Å². The maximum atomic E-state index is 10.00. The summed E-state index contributed by atoms with van der Waals surface area (Å²) in [4.78, 5) is 20.6. The van der Waals surface area contributed by atoms with E-state index in [-0.39, 0.29) is 13.2 Å². The van der Waals surface area contributed by atoms with E-state index in [0.717, 1.165) is 0 Å². The Bertz CT molecular complexity index is 122. The lowest BCUT2D eigenvalue weighted by Gasteiger charge is -2.04. The van der Waals surface area contributed by atoms with E-state index in [2.05, 4.69) is 14.8 Å². The maximum absolute atomic E-state index is 10.00. The molecule has 0 aromatic heterocycles. The van der Waals surface area contributed by atoms with Gasteiger partial charge in [-0.3, -0.25) is 4.52 Å². The summed E-state index contributed by atoms with van der Waals surface area (Å²) in [6.45, 7) is 0.153. The molecule has 0 aliphatic heterocycles. The van der Waals surface area contributed by atoms with Crippen molar-refractivity contribution in [2.75, 3.05) is 20.3 Å². The van der Waals surface area contributed by atoms with Gasteiger partial charge in [-0.05, 0) is 0 Å². The number of hydrogen-bond donors (Lipinski definition) is 3. The van der Waals surface area contributed by atoms with E-state index in [1.165, 1.54) is 7.11 Å². The first-order valence-electron chi connectivity index (χ1n) is 2.52. The fraction of sp³-hybridized carbons (Fsp3) is 1.00. The van der Waals surface area contributed by atoms with Gasteiger partial charge in [0.25, 0.3) is 0 Å². The lowest BCUT2D eigenvalue weighted by Crippen LogP contribution is -2.17. The summed E-state index contributed by atoms with van der Waals surface area (Å²) < 4.78 is 14.1. The van der Waals surface area contributed by atoms with E-state index < -0.39 is 7.82 Å². The monoisotopic (exact) mass is 171 g/mol. The summed E-state index contributed by atoms with van der Waals surface area (Å²) in [5.41, 5.74) is 2.35.